The molecular formula is C18H22N6O. The second kappa shape index (κ2) is 6.68. The first-order valence-electron chi connectivity index (χ1n) is 8.67. The van der Waals surface area contributed by atoms with E-state index in [9.17, 15) is 4.79 Å². The first-order valence-corrected chi connectivity index (χ1v) is 8.67. The third-order valence-electron chi connectivity index (χ3n) is 4.76. The van der Waals surface area contributed by atoms with Crippen molar-refractivity contribution in [2.24, 2.45) is 7.05 Å². The molecule has 7 nitrogen and oxygen atoms in total. The Morgan fingerprint density at radius 2 is 2.12 bits per heavy atom. The van der Waals surface area contributed by atoms with Gasteiger partial charge in [0.15, 0.2) is 5.82 Å². The van der Waals surface area contributed by atoms with Crippen LogP contribution in [0.2, 0.25) is 0 Å². The molecule has 1 saturated heterocycles. The molecule has 130 valence electrons. The van der Waals surface area contributed by atoms with E-state index in [1.165, 1.54) is 0 Å². The molecule has 1 aliphatic heterocycles. The molecule has 3 N–H and O–H groups in total. The Balaban J connectivity index is 1.46. The minimum atomic E-state index is -0.0860. The average molecular weight is 338 g/mol. The molecule has 3 heterocycles. The second-order valence-corrected chi connectivity index (χ2v) is 6.53. The molecule has 0 spiro atoms. The molecule has 0 radical (unpaired) electrons. The van der Waals surface area contributed by atoms with E-state index >= 15 is 0 Å². The van der Waals surface area contributed by atoms with Crippen molar-refractivity contribution in [1.82, 2.24) is 25.1 Å². The summed E-state index contributed by atoms with van der Waals surface area (Å²) in [4.78, 5) is 20.2. The summed E-state index contributed by atoms with van der Waals surface area (Å²) in [6, 6.07) is 7.98. The number of H-pyrrole nitrogens is 1. The zero-order valence-corrected chi connectivity index (χ0v) is 14.2. The number of anilines is 1. The van der Waals surface area contributed by atoms with Crippen molar-refractivity contribution in [3.05, 3.63) is 41.9 Å². The summed E-state index contributed by atoms with van der Waals surface area (Å²) in [5, 5.41) is 11.8. The summed E-state index contributed by atoms with van der Waals surface area (Å²) in [7, 11) is 1.82. The summed E-state index contributed by atoms with van der Waals surface area (Å²) in [6.45, 7) is 1.98. The fourth-order valence-corrected chi connectivity index (χ4v) is 3.39. The number of carbonyl (C=O) groups excluding carboxylic acids is 1. The highest BCUT2D eigenvalue weighted by molar-refractivity contribution is 5.94. The number of carbonyl (C=O) groups is 1. The summed E-state index contributed by atoms with van der Waals surface area (Å²) in [5.41, 5.74) is 2.02. The number of piperidine rings is 1. The molecule has 0 bridgehead atoms. The van der Waals surface area contributed by atoms with Gasteiger partial charge >= 0.3 is 0 Å². The first-order chi connectivity index (χ1) is 12.2. The molecule has 1 aromatic carbocycles. The molecule has 0 atom stereocenters. The third-order valence-corrected chi connectivity index (χ3v) is 4.76. The van der Waals surface area contributed by atoms with E-state index in [0.29, 0.717) is 18.3 Å². The highest BCUT2D eigenvalue weighted by Crippen LogP contribution is 2.23. The summed E-state index contributed by atoms with van der Waals surface area (Å²) in [6.07, 6.45) is 4.26. The molecule has 7 heteroatoms. The standard InChI is InChI=1S/C18H22N6O/c1-24-18(22-17(23-24)12-6-8-19-9-7-12)21-16(25)10-13-11-20-15-5-3-2-4-14(13)15/h2-5,11-12,19-20H,6-10H2,1H3,(H,21,22,23,25). The van der Waals surface area contributed by atoms with Crippen LogP contribution in [0, 0.1) is 0 Å². The van der Waals surface area contributed by atoms with Gasteiger partial charge in [0, 0.05) is 30.1 Å². The van der Waals surface area contributed by atoms with Gasteiger partial charge in [-0.15, -0.1) is 0 Å². The van der Waals surface area contributed by atoms with Crippen molar-refractivity contribution in [3.8, 4) is 0 Å². The van der Waals surface area contributed by atoms with Crippen molar-refractivity contribution >= 4 is 22.8 Å². The Hall–Kier alpha value is -2.67. The lowest BCUT2D eigenvalue weighted by atomic mass is 9.98. The Kier molecular flexibility index (Phi) is 4.23. The lowest BCUT2D eigenvalue weighted by Crippen LogP contribution is -2.27. The Morgan fingerprint density at radius 3 is 2.96 bits per heavy atom. The highest BCUT2D eigenvalue weighted by Gasteiger charge is 2.21. The zero-order chi connectivity index (χ0) is 17.2. The van der Waals surface area contributed by atoms with Crippen LogP contribution in [0.15, 0.2) is 30.5 Å². The molecule has 25 heavy (non-hydrogen) atoms. The SMILES string of the molecule is Cn1nc(C2CCNCC2)nc1NC(=O)Cc1c[nH]c2ccccc12. The molecule has 1 aliphatic rings. The number of aryl methyl sites for hydroxylation is 1. The van der Waals surface area contributed by atoms with E-state index in [4.69, 9.17) is 0 Å². The van der Waals surface area contributed by atoms with Gasteiger partial charge in [0.1, 0.15) is 0 Å². The molecule has 1 fully saturated rings. The van der Waals surface area contributed by atoms with E-state index in [2.05, 4.69) is 25.7 Å². The van der Waals surface area contributed by atoms with Crippen molar-refractivity contribution in [2.75, 3.05) is 18.4 Å². The van der Waals surface area contributed by atoms with Crippen LogP contribution in [0.25, 0.3) is 10.9 Å². The van der Waals surface area contributed by atoms with Crippen LogP contribution in [0.3, 0.4) is 0 Å². The number of hydrogen-bond acceptors (Lipinski definition) is 4. The number of nitrogens with zero attached hydrogens (tertiary/aromatic N) is 3. The number of rotatable bonds is 4. The zero-order valence-electron chi connectivity index (χ0n) is 14.2. The second-order valence-electron chi connectivity index (χ2n) is 6.53. The molecule has 3 aromatic rings. The van der Waals surface area contributed by atoms with Crippen LogP contribution in [-0.4, -0.2) is 38.7 Å². The van der Waals surface area contributed by atoms with E-state index in [1.807, 2.05) is 37.5 Å². The van der Waals surface area contributed by atoms with Crippen molar-refractivity contribution in [1.29, 1.82) is 0 Å². The third kappa shape index (κ3) is 3.28. The van der Waals surface area contributed by atoms with E-state index < -0.39 is 0 Å². The van der Waals surface area contributed by atoms with Gasteiger partial charge in [-0.1, -0.05) is 18.2 Å². The maximum Gasteiger partial charge on any atom is 0.231 e. The van der Waals surface area contributed by atoms with Gasteiger partial charge in [-0.25, -0.2) is 4.68 Å². The van der Waals surface area contributed by atoms with Gasteiger partial charge in [-0.3, -0.25) is 10.1 Å². The Bertz CT molecular complexity index is 890. The Labute approximate surface area is 145 Å². The smallest absolute Gasteiger partial charge is 0.231 e. The van der Waals surface area contributed by atoms with Gasteiger partial charge in [0.25, 0.3) is 0 Å². The monoisotopic (exact) mass is 338 g/mol. The molecular weight excluding hydrogens is 316 g/mol. The molecule has 4 rings (SSSR count). The highest BCUT2D eigenvalue weighted by atomic mass is 16.1. The van der Waals surface area contributed by atoms with E-state index in [-0.39, 0.29) is 5.91 Å². The lowest BCUT2D eigenvalue weighted by Gasteiger charge is -2.19. The van der Waals surface area contributed by atoms with Gasteiger partial charge < -0.3 is 10.3 Å². The summed E-state index contributed by atoms with van der Waals surface area (Å²) >= 11 is 0. The predicted octanol–water partition coefficient (Wildman–Crippen LogP) is 1.94. The first kappa shape index (κ1) is 15.8. The quantitative estimate of drug-likeness (QED) is 0.678. The topological polar surface area (TPSA) is 87.6 Å². The summed E-state index contributed by atoms with van der Waals surface area (Å²) in [5.74, 6) is 1.62. The fraction of sp³-hybridized carbons (Fsp3) is 0.389. The number of amides is 1. The maximum atomic E-state index is 12.4. The van der Waals surface area contributed by atoms with E-state index in [1.54, 1.807) is 4.68 Å². The van der Waals surface area contributed by atoms with Crippen molar-refractivity contribution < 1.29 is 4.79 Å². The number of fused-ring (bicyclic) bond motifs is 1. The van der Waals surface area contributed by atoms with Gasteiger partial charge in [0.2, 0.25) is 11.9 Å². The largest absolute Gasteiger partial charge is 0.361 e. The van der Waals surface area contributed by atoms with Gasteiger partial charge in [0.05, 0.1) is 6.42 Å². The molecule has 0 aliphatic carbocycles. The van der Waals surface area contributed by atoms with Gasteiger partial charge in [-0.2, -0.15) is 10.1 Å². The number of aromatic amines is 1. The van der Waals surface area contributed by atoms with E-state index in [0.717, 1.165) is 48.2 Å². The lowest BCUT2D eigenvalue weighted by molar-refractivity contribution is -0.115. The average Bonchev–Trinajstić information content (AvgIpc) is 3.20. The van der Waals surface area contributed by atoms with Crippen LogP contribution in [0.5, 0.6) is 0 Å². The number of hydrogen-bond donors (Lipinski definition) is 3. The predicted molar refractivity (Wildman–Crippen MR) is 96.5 cm³/mol. The molecule has 0 saturated carbocycles. The summed E-state index contributed by atoms with van der Waals surface area (Å²) < 4.78 is 1.66. The van der Waals surface area contributed by atoms with Crippen molar-refractivity contribution in [3.63, 3.8) is 0 Å². The number of benzene rings is 1. The maximum absolute atomic E-state index is 12.4. The van der Waals surface area contributed by atoms with Crippen LogP contribution in [0.1, 0.15) is 30.1 Å². The minimum Gasteiger partial charge on any atom is -0.361 e. The van der Waals surface area contributed by atoms with Gasteiger partial charge in [-0.05, 0) is 37.6 Å². The van der Waals surface area contributed by atoms with Crippen LogP contribution in [-0.2, 0) is 18.3 Å². The fourth-order valence-electron chi connectivity index (χ4n) is 3.39. The normalized spacial score (nSPS) is 15.6. The number of aromatic nitrogens is 4. The molecule has 0 unspecified atom stereocenters. The molecule has 1 amide bonds. The number of nitrogens with one attached hydrogen (secondary N) is 3. The molecule has 2 aromatic heterocycles. The number of para-hydroxylation sites is 1. The van der Waals surface area contributed by atoms with Crippen LogP contribution in [0.4, 0.5) is 5.95 Å². The minimum absolute atomic E-state index is 0.0860. The van der Waals surface area contributed by atoms with Crippen molar-refractivity contribution in [2.45, 2.75) is 25.2 Å². The van der Waals surface area contributed by atoms with Crippen LogP contribution >= 0.6 is 0 Å². The van der Waals surface area contributed by atoms with Crippen LogP contribution < -0.4 is 10.6 Å². The Morgan fingerprint density at radius 1 is 1.32 bits per heavy atom.